The summed E-state index contributed by atoms with van der Waals surface area (Å²) in [6, 6.07) is 7.56. The zero-order valence-electron chi connectivity index (χ0n) is 13.2. The number of amides is 2. The minimum atomic E-state index is -1.02. The van der Waals surface area contributed by atoms with E-state index in [1.54, 1.807) is 18.7 Å². The second kappa shape index (κ2) is 7.14. The van der Waals surface area contributed by atoms with Crippen LogP contribution < -0.4 is 5.32 Å². The highest BCUT2D eigenvalue weighted by molar-refractivity contribution is 6.30. The molecule has 0 bridgehead atoms. The van der Waals surface area contributed by atoms with Crippen molar-refractivity contribution in [2.45, 2.75) is 33.1 Å². The first-order valence-corrected chi connectivity index (χ1v) is 8.11. The fraction of sp³-hybridized carbons (Fsp3) is 0.529. The van der Waals surface area contributed by atoms with E-state index in [2.05, 4.69) is 5.32 Å². The maximum absolute atomic E-state index is 12.4. The molecule has 2 rings (SSSR count). The summed E-state index contributed by atoms with van der Waals surface area (Å²) in [6.45, 7) is 5.41. The van der Waals surface area contributed by atoms with E-state index in [4.69, 9.17) is 11.6 Å². The van der Waals surface area contributed by atoms with Gasteiger partial charge in [-0.1, -0.05) is 23.7 Å². The molecule has 1 aliphatic heterocycles. The van der Waals surface area contributed by atoms with Crippen LogP contribution in [0.15, 0.2) is 24.3 Å². The van der Waals surface area contributed by atoms with Crippen LogP contribution in [0, 0.1) is 5.41 Å². The second-order valence-corrected chi connectivity index (χ2v) is 6.70. The Balaban J connectivity index is 1.86. The molecule has 1 aliphatic rings. The third-order valence-corrected chi connectivity index (χ3v) is 4.32. The maximum Gasteiger partial charge on any atom is 0.237 e. The fourth-order valence-electron chi connectivity index (χ4n) is 2.65. The van der Waals surface area contributed by atoms with E-state index < -0.39 is 5.41 Å². The Labute approximate surface area is 136 Å². The molecule has 22 heavy (non-hydrogen) atoms. The number of carbonyl (C=O) groups excluding carboxylic acids is 2. The Morgan fingerprint density at radius 1 is 1.27 bits per heavy atom. The number of halogens is 1. The molecule has 0 saturated carbocycles. The smallest absolute Gasteiger partial charge is 0.237 e. The number of nitrogens with one attached hydrogen (secondary N) is 1. The molecule has 120 valence electrons. The van der Waals surface area contributed by atoms with Crippen molar-refractivity contribution in [3.05, 3.63) is 34.9 Å². The van der Waals surface area contributed by atoms with Gasteiger partial charge in [-0.2, -0.15) is 0 Å². The van der Waals surface area contributed by atoms with Gasteiger partial charge in [0.05, 0.1) is 0 Å². The van der Waals surface area contributed by atoms with Crippen molar-refractivity contribution >= 4 is 23.4 Å². The van der Waals surface area contributed by atoms with Crippen LogP contribution in [0.5, 0.6) is 0 Å². The van der Waals surface area contributed by atoms with Crippen LogP contribution in [0.25, 0.3) is 0 Å². The standard InChI is InChI=1S/C17H23ClN2O2/c1-17(2,16(22)20-10-3-4-11-20)15(21)19-9-8-13-6-5-7-14(18)12-13/h5-7,12H,3-4,8-11H2,1-2H3,(H,19,21). The maximum atomic E-state index is 12.4. The minimum Gasteiger partial charge on any atom is -0.355 e. The molecule has 0 unspecified atom stereocenters. The number of likely N-dealkylation sites (tertiary alicyclic amines) is 1. The average Bonchev–Trinajstić information content (AvgIpc) is 3.00. The van der Waals surface area contributed by atoms with Crippen LogP contribution in [0.2, 0.25) is 5.02 Å². The molecule has 4 nitrogen and oxygen atoms in total. The summed E-state index contributed by atoms with van der Waals surface area (Å²) in [7, 11) is 0. The van der Waals surface area contributed by atoms with Crippen molar-refractivity contribution in [3.63, 3.8) is 0 Å². The highest BCUT2D eigenvalue weighted by Gasteiger charge is 2.39. The van der Waals surface area contributed by atoms with Crippen LogP contribution in [-0.2, 0) is 16.0 Å². The number of nitrogens with zero attached hydrogens (tertiary/aromatic N) is 1. The van der Waals surface area contributed by atoms with Crippen molar-refractivity contribution in [1.29, 1.82) is 0 Å². The molecule has 0 atom stereocenters. The molecule has 2 amide bonds. The molecular formula is C17H23ClN2O2. The van der Waals surface area contributed by atoms with Crippen LogP contribution in [0.1, 0.15) is 32.3 Å². The van der Waals surface area contributed by atoms with Gasteiger partial charge in [-0.15, -0.1) is 0 Å². The largest absolute Gasteiger partial charge is 0.355 e. The minimum absolute atomic E-state index is 0.0785. The summed E-state index contributed by atoms with van der Waals surface area (Å²) in [5.74, 6) is -0.295. The topological polar surface area (TPSA) is 49.4 Å². The van der Waals surface area contributed by atoms with Gasteiger partial charge in [0.15, 0.2) is 0 Å². The molecule has 1 saturated heterocycles. The van der Waals surface area contributed by atoms with Crippen molar-refractivity contribution in [2.24, 2.45) is 5.41 Å². The first-order valence-electron chi connectivity index (χ1n) is 7.73. The van der Waals surface area contributed by atoms with Gasteiger partial charge in [0.1, 0.15) is 5.41 Å². The van der Waals surface area contributed by atoms with Crippen LogP contribution >= 0.6 is 11.6 Å². The SMILES string of the molecule is CC(C)(C(=O)NCCc1cccc(Cl)c1)C(=O)N1CCCC1. The van der Waals surface area contributed by atoms with Crippen LogP contribution in [0.4, 0.5) is 0 Å². The van der Waals surface area contributed by atoms with Crippen molar-refractivity contribution in [1.82, 2.24) is 10.2 Å². The van der Waals surface area contributed by atoms with Gasteiger partial charge < -0.3 is 10.2 Å². The monoisotopic (exact) mass is 322 g/mol. The van der Waals surface area contributed by atoms with E-state index in [0.29, 0.717) is 18.0 Å². The fourth-order valence-corrected chi connectivity index (χ4v) is 2.86. The van der Waals surface area contributed by atoms with E-state index >= 15 is 0 Å². The highest BCUT2D eigenvalue weighted by Crippen LogP contribution is 2.22. The van der Waals surface area contributed by atoms with Gasteiger partial charge in [-0.05, 0) is 50.8 Å². The van der Waals surface area contributed by atoms with Gasteiger partial charge in [0, 0.05) is 24.7 Å². The van der Waals surface area contributed by atoms with Gasteiger partial charge in [-0.25, -0.2) is 0 Å². The Morgan fingerprint density at radius 2 is 1.95 bits per heavy atom. The van der Waals surface area contributed by atoms with Gasteiger partial charge >= 0.3 is 0 Å². The first-order chi connectivity index (χ1) is 10.4. The quantitative estimate of drug-likeness (QED) is 0.847. The van der Waals surface area contributed by atoms with E-state index in [-0.39, 0.29) is 11.8 Å². The van der Waals surface area contributed by atoms with Gasteiger partial charge in [0.2, 0.25) is 11.8 Å². The lowest BCUT2D eigenvalue weighted by Crippen LogP contribution is -2.49. The zero-order valence-corrected chi connectivity index (χ0v) is 13.9. The lowest BCUT2D eigenvalue weighted by Gasteiger charge is -2.28. The van der Waals surface area contributed by atoms with E-state index in [9.17, 15) is 9.59 Å². The normalized spacial score (nSPS) is 15.0. The van der Waals surface area contributed by atoms with Gasteiger partial charge in [-0.3, -0.25) is 9.59 Å². The molecule has 0 aliphatic carbocycles. The predicted molar refractivity (Wildman–Crippen MR) is 87.8 cm³/mol. The Hall–Kier alpha value is -1.55. The third-order valence-electron chi connectivity index (χ3n) is 4.08. The molecule has 1 aromatic rings. The molecule has 0 spiro atoms. The van der Waals surface area contributed by atoms with Crippen LogP contribution in [-0.4, -0.2) is 36.3 Å². The summed E-state index contributed by atoms with van der Waals surface area (Å²) in [6.07, 6.45) is 2.75. The zero-order chi connectivity index (χ0) is 16.2. The van der Waals surface area contributed by atoms with E-state index in [1.165, 1.54) is 0 Å². The number of benzene rings is 1. The molecule has 1 heterocycles. The molecule has 1 aromatic carbocycles. The van der Waals surface area contributed by atoms with E-state index in [1.807, 2.05) is 24.3 Å². The summed E-state index contributed by atoms with van der Waals surface area (Å²) in [4.78, 5) is 26.6. The Morgan fingerprint density at radius 3 is 2.59 bits per heavy atom. The van der Waals surface area contributed by atoms with E-state index in [0.717, 1.165) is 31.5 Å². The lowest BCUT2D eigenvalue weighted by molar-refractivity contribution is -0.147. The molecule has 1 N–H and O–H groups in total. The molecule has 1 fully saturated rings. The summed E-state index contributed by atoms with van der Waals surface area (Å²) in [5, 5.41) is 3.55. The number of carbonyl (C=O) groups is 2. The number of hydrogen-bond acceptors (Lipinski definition) is 2. The average molecular weight is 323 g/mol. The highest BCUT2D eigenvalue weighted by atomic mass is 35.5. The molecular weight excluding hydrogens is 300 g/mol. The van der Waals surface area contributed by atoms with Crippen molar-refractivity contribution in [2.75, 3.05) is 19.6 Å². The molecule has 0 aromatic heterocycles. The second-order valence-electron chi connectivity index (χ2n) is 6.26. The Kier molecular flexibility index (Phi) is 5.46. The molecule has 5 heteroatoms. The molecule has 0 radical (unpaired) electrons. The lowest BCUT2D eigenvalue weighted by atomic mass is 9.90. The summed E-state index contributed by atoms with van der Waals surface area (Å²) in [5.41, 5.74) is 0.0510. The van der Waals surface area contributed by atoms with Crippen molar-refractivity contribution in [3.8, 4) is 0 Å². The first kappa shape index (κ1) is 16.8. The van der Waals surface area contributed by atoms with Gasteiger partial charge in [0.25, 0.3) is 0 Å². The summed E-state index contributed by atoms with van der Waals surface area (Å²) >= 11 is 5.94. The van der Waals surface area contributed by atoms with Crippen molar-refractivity contribution < 1.29 is 9.59 Å². The predicted octanol–water partition coefficient (Wildman–Crippen LogP) is 2.65. The van der Waals surface area contributed by atoms with Crippen LogP contribution in [0.3, 0.4) is 0 Å². The third kappa shape index (κ3) is 4.01. The summed E-state index contributed by atoms with van der Waals surface area (Å²) < 4.78 is 0. The Bertz CT molecular complexity index is 551. The number of hydrogen-bond donors (Lipinski definition) is 1. The number of rotatable bonds is 5.